The van der Waals surface area contributed by atoms with E-state index >= 15 is 0 Å². The van der Waals surface area contributed by atoms with E-state index in [2.05, 4.69) is 127 Å². The van der Waals surface area contributed by atoms with Gasteiger partial charge in [0.05, 0.1) is 11.6 Å². The molecule has 1 aliphatic rings. The molecule has 1 heterocycles. The van der Waals surface area contributed by atoms with Gasteiger partial charge in [0.25, 0.3) is 0 Å². The molecule has 0 bridgehead atoms. The predicted molar refractivity (Wildman–Crippen MR) is 245 cm³/mol. The van der Waals surface area contributed by atoms with Crippen LogP contribution in [0.5, 0.6) is 0 Å². The third-order valence-corrected chi connectivity index (χ3v) is 11.6. The van der Waals surface area contributed by atoms with Gasteiger partial charge in [0.2, 0.25) is 0 Å². The number of nitrogens with zero attached hydrogens (tertiary/aromatic N) is 4. The molecule has 0 saturated carbocycles. The molecule has 0 fully saturated rings. The maximum atomic E-state index is 10.5. The molecule has 0 amide bonds. The minimum Gasteiger partial charge on any atom is -0.208 e. The van der Waals surface area contributed by atoms with Gasteiger partial charge in [-0.3, -0.25) is 0 Å². The molecular formula is C56H34N4. The van der Waals surface area contributed by atoms with Crippen molar-refractivity contribution in [1.82, 2.24) is 15.0 Å². The van der Waals surface area contributed by atoms with Gasteiger partial charge in [0, 0.05) is 22.3 Å². The average Bonchev–Trinajstić information content (AvgIpc) is 3.67. The van der Waals surface area contributed by atoms with Crippen LogP contribution in [0.3, 0.4) is 0 Å². The van der Waals surface area contributed by atoms with Gasteiger partial charge >= 0.3 is 0 Å². The Morgan fingerprint density at radius 3 is 1.47 bits per heavy atom. The summed E-state index contributed by atoms with van der Waals surface area (Å²) in [6.07, 6.45) is 0. The molecule has 4 heteroatoms. The highest BCUT2D eigenvalue weighted by Gasteiger charge is 2.24. The number of fused-ring (bicyclic) bond motifs is 3. The van der Waals surface area contributed by atoms with Crippen LogP contribution in [0.4, 0.5) is 0 Å². The molecule has 11 rings (SSSR count). The molecule has 0 N–H and O–H groups in total. The lowest BCUT2D eigenvalue weighted by molar-refractivity contribution is 1.07. The van der Waals surface area contributed by atoms with E-state index in [4.69, 9.17) is 15.0 Å². The molecule has 0 spiro atoms. The van der Waals surface area contributed by atoms with Crippen molar-refractivity contribution in [1.29, 1.82) is 5.26 Å². The quantitative estimate of drug-likeness (QED) is 0.162. The van der Waals surface area contributed by atoms with Crippen molar-refractivity contribution in [2.24, 2.45) is 0 Å². The maximum absolute atomic E-state index is 10.5. The van der Waals surface area contributed by atoms with Gasteiger partial charge in [-0.2, -0.15) is 5.26 Å². The minimum atomic E-state index is 0.536. The number of hydrogen-bond acceptors (Lipinski definition) is 4. The molecule has 0 aliphatic heterocycles. The van der Waals surface area contributed by atoms with Crippen LogP contribution >= 0.6 is 0 Å². The molecule has 10 aromatic rings. The highest BCUT2D eigenvalue weighted by Crippen LogP contribution is 2.51. The van der Waals surface area contributed by atoms with Gasteiger partial charge in [-0.15, -0.1) is 0 Å². The van der Waals surface area contributed by atoms with Crippen molar-refractivity contribution in [2.45, 2.75) is 0 Å². The zero-order valence-corrected chi connectivity index (χ0v) is 32.4. The molecular weight excluding hydrogens is 729 g/mol. The second-order valence-corrected chi connectivity index (χ2v) is 15.0. The first-order valence-corrected chi connectivity index (χ1v) is 20.1. The SMILES string of the molecule is N#Cc1ccc(-c2ccc(-c3cccc4c3-c3cccc5cccc-4c35)cc2)cc1-c1ccccc1-c1nc(-c2ccccc2)nc(-c2ccc(-c3ccccc3)cc2)n1. The van der Waals surface area contributed by atoms with E-state index in [1.54, 1.807) is 0 Å². The summed E-state index contributed by atoms with van der Waals surface area (Å²) in [6.45, 7) is 0. The Morgan fingerprint density at radius 1 is 0.300 bits per heavy atom. The fourth-order valence-corrected chi connectivity index (χ4v) is 8.66. The topological polar surface area (TPSA) is 62.5 Å². The highest BCUT2D eigenvalue weighted by molar-refractivity contribution is 6.18. The molecule has 1 aromatic heterocycles. The smallest absolute Gasteiger partial charge is 0.164 e. The largest absolute Gasteiger partial charge is 0.208 e. The van der Waals surface area contributed by atoms with E-state index in [0.29, 0.717) is 23.0 Å². The van der Waals surface area contributed by atoms with E-state index in [0.717, 1.165) is 55.6 Å². The lowest BCUT2D eigenvalue weighted by atomic mass is 9.90. The third-order valence-electron chi connectivity index (χ3n) is 11.6. The number of rotatable bonds is 7. The average molecular weight is 763 g/mol. The minimum absolute atomic E-state index is 0.536. The second-order valence-electron chi connectivity index (χ2n) is 15.0. The summed E-state index contributed by atoms with van der Waals surface area (Å²) in [5.41, 5.74) is 16.7. The van der Waals surface area contributed by atoms with Crippen molar-refractivity contribution >= 4 is 10.8 Å². The van der Waals surface area contributed by atoms with Crippen molar-refractivity contribution < 1.29 is 0 Å². The van der Waals surface area contributed by atoms with Gasteiger partial charge < -0.3 is 0 Å². The number of nitriles is 1. The molecule has 9 aromatic carbocycles. The van der Waals surface area contributed by atoms with Crippen LogP contribution in [0.15, 0.2) is 206 Å². The Morgan fingerprint density at radius 2 is 0.767 bits per heavy atom. The fraction of sp³-hybridized carbons (Fsp3) is 0. The molecule has 1 aliphatic carbocycles. The standard InChI is InChI=1S/C56H34N4/c57-35-44-33-32-43(38-24-28-39(29-25-38)45-20-11-22-48-47-21-9-16-40-17-10-23-50(52(40)47)53(45)48)34-51(44)46-18-7-8-19-49(46)56-59-54(41-14-5-2-6-15-41)58-55(60-56)42-30-26-37(27-31-42)36-12-3-1-4-13-36/h1-34H. The Kier molecular flexibility index (Phi) is 8.50. The molecule has 0 radical (unpaired) electrons. The van der Waals surface area contributed by atoms with Crippen molar-refractivity contribution in [2.75, 3.05) is 0 Å². The summed E-state index contributed by atoms with van der Waals surface area (Å²) in [5.74, 6) is 1.69. The van der Waals surface area contributed by atoms with Crippen LogP contribution in [-0.2, 0) is 0 Å². The maximum Gasteiger partial charge on any atom is 0.164 e. The van der Waals surface area contributed by atoms with Crippen LogP contribution in [0.25, 0.3) is 112 Å². The van der Waals surface area contributed by atoms with Gasteiger partial charge in [-0.1, -0.05) is 194 Å². The van der Waals surface area contributed by atoms with Gasteiger partial charge in [0.1, 0.15) is 0 Å². The van der Waals surface area contributed by atoms with Crippen LogP contribution in [-0.4, -0.2) is 15.0 Å². The van der Waals surface area contributed by atoms with E-state index in [9.17, 15) is 5.26 Å². The summed E-state index contributed by atoms with van der Waals surface area (Å²) in [4.78, 5) is 15.2. The van der Waals surface area contributed by atoms with Crippen LogP contribution in [0.1, 0.15) is 5.56 Å². The Balaban J connectivity index is 0.983. The van der Waals surface area contributed by atoms with Gasteiger partial charge in [-0.25, -0.2) is 15.0 Å². The summed E-state index contributed by atoms with van der Waals surface area (Å²) < 4.78 is 0. The van der Waals surface area contributed by atoms with E-state index in [1.807, 2.05) is 84.9 Å². The lowest BCUT2D eigenvalue weighted by Gasteiger charge is -2.15. The number of hydrogen-bond donors (Lipinski definition) is 0. The Labute approximate surface area is 348 Å². The molecule has 278 valence electrons. The second kappa shape index (κ2) is 14.6. The number of benzene rings is 9. The van der Waals surface area contributed by atoms with E-state index in [1.165, 1.54) is 38.6 Å². The summed E-state index contributed by atoms with van der Waals surface area (Å²) >= 11 is 0. The van der Waals surface area contributed by atoms with Crippen LogP contribution in [0.2, 0.25) is 0 Å². The van der Waals surface area contributed by atoms with Crippen LogP contribution < -0.4 is 0 Å². The van der Waals surface area contributed by atoms with Gasteiger partial charge in [-0.05, 0) is 84.1 Å². The van der Waals surface area contributed by atoms with Crippen molar-refractivity contribution in [3.05, 3.63) is 212 Å². The first-order chi connectivity index (χ1) is 29.7. The monoisotopic (exact) mass is 762 g/mol. The molecule has 4 nitrogen and oxygen atoms in total. The predicted octanol–water partition coefficient (Wildman–Crippen LogP) is 14.2. The molecule has 60 heavy (non-hydrogen) atoms. The highest BCUT2D eigenvalue weighted by atomic mass is 15.0. The lowest BCUT2D eigenvalue weighted by Crippen LogP contribution is -2.01. The summed E-state index contributed by atoms with van der Waals surface area (Å²) in [5, 5.41) is 13.1. The summed E-state index contributed by atoms with van der Waals surface area (Å²) in [6, 6.07) is 73.9. The van der Waals surface area contributed by atoms with Crippen molar-refractivity contribution in [3.8, 4) is 107 Å². The van der Waals surface area contributed by atoms with E-state index < -0.39 is 0 Å². The zero-order chi connectivity index (χ0) is 40.0. The zero-order valence-electron chi connectivity index (χ0n) is 32.4. The fourth-order valence-electron chi connectivity index (χ4n) is 8.66. The number of aromatic nitrogens is 3. The summed E-state index contributed by atoms with van der Waals surface area (Å²) in [7, 11) is 0. The van der Waals surface area contributed by atoms with E-state index in [-0.39, 0.29) is 0 Å². The Bertz CT molecular complexity index is 3290. The molecule has 0 saturated heterocycles. The van der Waals surface area contributed by atoms with Crippen molar-refractivity contribution in [3.63, 3.8) is 0 Å². The molecule has 0 unspecified atom stereocenters. The Hall–Kier alpha value is -8.26. The van der Waals surface area contributed by atoms with Crippen LogP contribution in [0, 0.1) is 11.3 Å². The van der Waals surface area contributed by atoms with Gasteiger partial charge in [0.15, 0.2) is 17.5 Å². The first kappa shape index (κ1) is 34.9. The third kappa shape index (κ3) is 6.05. The normalized spacial score (nSPS) is 11.3. The first-order valence-electron chi connectivity index (χ1n) is 20.1. The molecule has 0 atom stereocenters.